The summed E-state index contributed by atoms with van der Waals surface area (Å²) < 4.78 is 56.9. The molecule has 6 nitrogen and oxygen atoms in total. The Bertz CT molecular complexity index is 808. The average molecular weight is 358 g/mol. The highest BCUT2D eigenvalue weighted by molar-refractivity contribution is 5.92. The molecule has 0 aromatic heterocycles. The third kappa shape index (κ3) is 4.66. The molecule has 0 aliphatic heterocycles. The quantitative estimate of drug-likeness (QED) is 0.501. The molecule has 2 aromatic carbocycles. The smallest absolute Gasteiger partial charge is 0.418 e. The van der Waals surface area contributed by atoms with E-state index in [-0.39, 0.29) is 0 Å². The number of benzene rings is 2. The minimum Gasteiger partial charge on any atom is -0.481 e. The van der Waals surface area contributed by atoms with Crippen LogP contribution in [0.2, 0.25) is 0 Å². The lowest BCUT2D eigenvalue weighted by Crippen LogP contribution is -2.22. The van der Waals surface area contributed by atoms with Gasteiger partial charge >= 0.3 is 6.18 Å². The van der Waals surface area contributed by atoms with Gasteiger partial charge in [-0.25, -0.2) is 4.39 Å². The first-order chi connectivity index (χ1) is 11.7. The molecule has 25 heavy (non-hydrogen) atoms. The Morgan fingerprint density at radius 1 is 1.20 bits per heavy atom. The first kappa shape index (κ1) is 18.2. The van der Waals surface area contributed by atoms with Crippen LogP contribution >= 0.6 is 0 Å². The molecule has 0 spiro atoms. The number of halogens is 4. The fraction of sp³-hybridized carbons (Fsp3) is 0.133. The van der Waals surface area contributed by atoms with E-state index in [4.69, 9.17) is 4.74 Å². The second-order valence-electron chi connectivity index (χ2n) is 4.75. The van der Waals surface area contributed by atoms with Crippen LogP contribution in [0, 0.1) is 15.9 Å². The minimum absolute atomic E-state index is 0.440. The van der Waals surface area contributed by atoms with Crippen LogP contribution in [0.15, 0.2) is 42.5 Å². The third-order valence-electron chi connectivity index (χ3n) is 2.99. The van der Waals surface area contributed by atoms with Crippen LogP contribution in [0.4, 0.5) is 28.9 Å². The normalized spacial score (nSPS) is 11.0. The lowest BCUT2D eigenvalue weighted by molar-refractivity contribution is -0.385. The van der Waals surface area contributed by atoms with Crippen LogP contribution in [0.1, 0.15) is 5.56 Å². The van der Waals surface area contributed by atoms with Gasteiger partial charge < -0.3 is 10.1 Å². The zero-order chi connectivity index (χ0) is 18.6. The molecule has 0 aliphatic rings. The molecule has 2 aromatic rings. The highest BCUT2D eigenvalue weighted by atomic mass is 19.4. The van der Waals surface area contributed by atoms with E-state index in [0.29, 0.717) is 6.07 Å². The molecule has 0 bridgehead atoms. The molecule has 0 atom stereocenters. The molecule has 132 valence electrons. The number of anilines is 1. The monoisotopic (exact) mass is 358 g/mol. The summed E-state index contributed by atoms with van der Waals surface area (Å²) in [4.78, 5) is 21.4. The van der Waals surface area contributed by atoms with Crippen molar-refractivity contribution in [3.8, 4) is 5.75 Å². The summed E-state index contributed by atoms with van der Waals surface area (Å²) in [6, 6.07) is 6.86. The molecule has 10 heteroatoms. The van der Waals surface area contributed by atoms with Crippen molar-refractivity contribution in [2.24, 2.45) is 0 Å². The molecular formula is C15H10F4N2O4. The molecule has 1 N–H and O–H groups in total. The Balaban J connectivity index is 2.04. The van der Waals surface area contributed by atoms with Gasteiger partial charge in [-0.3, -0.25) is 14.9 Å². The van der Waals surface area contributed by atoms with Crippen LogP contribution in [-0.2, 0) is 11.0 Å². The molecule has 0 radical (unpaired) electrons. The van der Waals surface area contributed by atoms with Gasteiger partial charge in [0.15, 0.2) is 18.2 Å². The number of hydrogen-bond acceptors (Lipinski definition) is 4. The van der Waals surface area contributed by atoms with E-state index in [9.17, 15) is 32.5 Å². The van der Waals surface area contributed by atoms with E-state index in [2.05, 4.69) is 0 Å². The molecule has 0 saturated heterocycles. The van der Waals surface area contributed by atoms with E-state index in [1.165, 1.54) is 12.1 Å². The molecule has 0 fully saturated rings. The summed E-state index contributed by atoms with van der Waals surface area (Å²) in [6.45, 7) is -0.777. The van der Waals surface area contributed by atoms with Crippen LogP contribution in [-0.4, -0.2) is 17.4 Å². The van der Waals surface area contributed by atoms with Gasteiger partial charge in [-0.15, -0.1) is 0 Å². The minimum atomic E-state index is -4.66. The number of nitrogens with zero attached hydrogens (tertiary/aromatic N) is 1. The number of nitro groups is 1. The van der Waals surface area contributed by atoms with Crippen LogP contribution in [0.5, 0.6) is 5.75 Å². The van der Waals surface area contributed by atoms with Gasteiger partial charge in [0.05, 0.1) is 22.2 Å². The van der Waals surface area contributed by atoms with Gasteiger partial charge in [0.2, 0.25) is 0 Å². The number of nitro benzene ring substituents is 1. The van der Waals surface area contributed by atoms with E-state index >= 15 is 0 Å². The molecule has 2 rings (SSSR count). The Labute approximate surface area is 138 Å². The number of para-hydroxylation sites is 1. The van der Waals surface area contributed by atoms with Crippen molar-refractivity contribution < 1.29 is 32.0 Å². The Kier molecular flexibility index (Phi) is 5.20. The number of amides is 1. The maximum Gasteiger partial charge on any atom is 0.418 e. The zero-order valence-corrected chi connectivity index (χ0v) is 12.3. The lowest BCUT2D eigenvalue weighted by atomic mass is 10.1. The van der Waals surface area contributed by atoms with Crippen molar-refractivity contribution in [1.29, 1.82) is 0 Å². The summed E-state index contributed by atoms with van der Waals surface area (Å²) in [7, 11) is 0. The van der Waals surface area contributed by atoms with Crippen molar-refractivity contribution in [2.45, 2.75) is 6.18 Å². The summed E-state index contributed by atoms with van der Waals surface area (Å²) in [5.41, 5.74) is -2.01. The number of ether oxygens (including phenoxy) is 1. The highest BCUT2D eigenvalue weighted by Crippen LogP contribution is 2.34. The number of rotatable bonds is 5. The molecule has 0 heterocycles. The summed E-state index contributed by atoms with van der Waals surface area (Å²) in [5, 5.41) is 12.5. The average Bonchev–Trinajstić information content (AvgIpc) is 2.53. The second-order valence-corrected chi connectivity index (χ2v) is 4.75. The maximum absolute atomic E-state index is 13.6. The Morgan fingerprint density at radius 2 is 1.88 bits per heavy atom. The Morgan fingerprint density at radius 3 is 2.48 bits per heavy atom. The lowest BCUT2D eigenvalue weighted by Gasteiger charge is -2.13. The Hall–Kier alpha value is -3.17. The highest BCUT2D eigenvalue weighted by Gasteiger charge is 2.33. The zero-order valence-electron chi connectivity index (χ0n) is 12.3. The molecule has 0 saturated carbocycles. The predicted octanol–water partition coefficient (Wildman–Crippen LogP) is 3.77. The molecular weight excluding hydrogens is 348 g/mol. The summed E-state index contributed by atoms with van der Waals surface area (Å²) >= 11 is 0. The fourth-order valence-electron chi connectivity index (χ4n) is 1.89. The van der Waals surface area contributed by atoms with Gasteiger partial charge in [0.25, 0.3) is 11.6 Å². The molecule has 0 aliphatic carbocycles. The molecule has 1 amide bonds. The number of non-ortho nitro benzene ring substituents is 1. The van der Waals surface area contributed by atoms with Crippen LogP contribution in [0.25, 0.3) is 0 Å². The van der Waals surface area contributed by atoms with Gasteiger partial charge in [-0.2, -0.15) is 13.2 Å². The number of nitrogens with one attached hydrogen (secondary N) is 1. The molecule has 0 unspecified atom stereocenters. The number of carbonyl (C=O) groups is 1. The largest absolute Gasteiger partial charge is 0.481 e. The fourth-order valence-corrected chi connectivity index (χ4v) is 1.89. The van der Waals surface area contributed by atoms with Crippen molar-refractivity contribution >= 4 is 17.3 Å². The second kappa shape index (κ2) is 7.16. The predicted molar refractivity (Wildman–Crippen MR) is 78.6 cm³/mol. The SMILES string of the molecule is O=C(COc1ccc([N+](=O)[O-])cc1F)Nc1ccccc1C(F)(F)F. The van der Waals surface area contributed by atoms with E-state index in [1.54, 1.807) is 0 Å². The summed E-state index contributed by atoms with van der Waals surface area (Å²) in [6.07, 6.45) is -4.66. The van der Waals surface area contributed by atoms with Gasteiger partial charge in [-0.1, -0.05) is 12.1 Å². The van der Waals surface area contributed by atoms with Crippen molar-refractivity contribution in [1.82, 2.24) is 0 Å². The number of carbonyl (C=O) groups excluding carboxylic acids is 1. The van der Waals surface area contributed by atoms with E-state index in [1.807, 2.05) is 5.32 Å². The first-order valence-electron chi connectivity index (χ1n) is 6.71. The van der Waals surface area contributed by atoms with Crippen LogP contribution in [0.3, 0.4) is 0 Å². The van der Waals surface area contributed by atoms with Gasteiger partial charge in [0, 0.05) is 6.07 Å². The van der Waals surface area contributed by atoms with E-state index < -0.39 is 52.1 Å². The van der Waals surface area contributed by atoms with Gasteiger partial charge in [0.1, 0.15) is 0 Å². The number of alkyl halides is 3. The van der Waals surface area contributed by atoms with Crippen molar-refractivity contribution in [3.63, 3.8) is 0 Å². The van der Waals surface area contributed by atoms with Crippen LogP contribution < -0.4 is 10.1 Å². The third-order valence-corrected chi connectivity index (χ3v) is 2.99. The topological polar surface area (TPSA) is 81.5 Å². The maximum atomic E-state index is 13.6. The summed E-state index contributed by atoms with van der Waals surface area (Å²) in [5.74, 6) is -2.46. The van der Waals surface area contributed by atoms with E-state index in [0.717, 1.165) is 24.3 Å². The van der Waals surface area contributed by atoms with Gasteiger partial charge in [-0.05, 0) is 18.2 Å². The standard InChI is InChI=1S/C15H10F4N2O4/c16-11-7-9(21(23)24)5-6-13(11)25-8-14(22)20-12-4-2-1-3-10(12)15(17,18)19/h1-7H,8H2,(H,20,22). The number of hydrogen-bond donors (Lipinski definition) is 1. The van der Waals surface area contributed by atoms with Crippen molar-refractivity contribution in [3.05, 3.63) is 64.0 Å². The first-order valence-corrected chi connectivity index (χ1v) is 6.71. The van der Waals surface area contributed by atoms with Crippen molar-refractivity contribution in [2.75, 3.05) is 11.9 Å².